The van der Waals surface area contributed by atoms with Gasteiger partial charge in [-0.2, -0.15) is 0 Å². The molecule has 17 nitrogen and oxygen atoms in total. The maximum absolute atomic E-state index is 12.1. The van der Waals surface area contributed by atoms with E-state index in [4.69, 9.17) is 14.6 Å². The molecular formula is C18H23N7O10. The lowest BCUT2D eigenvalue weighted by molar-refractivity contribution is -0.396. The lowest BCUT2D eigenvalue weighted by Crippen LogP contribution is -2.39. The van der Waals surface area contributed by atoms with E-state index in [1.807, 2.05) is 0 Å². The minimum Gasteiger partial charge on any atom is -0.480 e. The number of ether oxygens (including phenoxy) is 2. The molecule has 0 bridgehead atoms. The number of carbonyl (C=O) groups excluding carboxylic acids is 2. The molecule has 1 N–H and O–H groups in total. The normalized spacial score (nSPS) is 10.8. The van der Waals surface area contributed by atoms with Crippen LogP contribution in [0.15, 0.2) is 12.4 Å². The van der Waals surface area contributed by atoms with Crippen LogP contribution in [0.3, 0.4) is 0 Å². The van der Waals surface area contributed by atoms with Gasteiger partial charge in [-0.15, -0.1) is 0 Å². The van der Waals surface area contributed by atoms with Crippen LogP contribution >= 0.6 is 0 Å². The minimum absolute atomic E-state index is 0.0470. The number of nitrogens with zero attached hydrogens (tertiary/aromatic N) is 7. The van der Waals surface area contributed by atoms with Gasteiger partial charge in [0.1, 0.15) is 44.4 Å². The van der Waals surface area contributed by atoms with Gasteiger partial charge in [-0.3, -0.25) is 19.3 Å². The average molecular weight is 497 g/mol. The smallest absolute Gasteiger partial charge is 0.434 e. The van der Waals surface area contributed by atoms with E-state index in [0.29, 0.717) is 11.5 Å². The molecular weight excluding hydrogens is 474 g/mol. The van der Waals surface area contributed by atoms with Crippen LogP contribution in [0.5, 0.6) is 0 Å². The van der Waals surface area contributed by atoms with Crippen LogP contribution in [0.25, 0.3) is 0 Å². The van der Waals surface area contributed by atoms with Crippen molar-refractivity contribution in [2.45, 2.75) is 26.9 Å². The van der Waals surface area contributed by atoms with Crippen LogP contribution in [0, 0.1) is 34.1 Å². The highest BCUT2D eigenvalue weighted by Crippen LogP contribution is 2.13. The number of hydrogen-bond acceptors (Lipinski definition) is 12. The Labute approximate surface area is 197 Å². The molecule has 2 aromatic rings. The van der Waals surface area contributed by atoms with Gasteiger partial charge in [-0.05, 0) is 16.8 Å². The second-order valence-corrected chi connectivity index (χ2v) is 7.16. The highest BCUT2D eigenvalue weighted by Gasteiger charge is 2.22. The third-order valence-corrected chi connectivity index (χ3v) is 4.64. The van der Waals surface area contributed by atoms with Gasteiger partial charge in [-0.1, -0.05) is 4.98 Å². The van der Waals surface area contributed by atoms with Crippen LogP contribution in [0.1, 0.15) is 11.5 Å². The highest BCUT2D eigenvalue weighted by molar-refractivity contribution is 5.77. The zero-order chi connectivity index (χ0) is 26.1. The number of carbonyl (C=O) groups is 3. The number of rotatable bonds is 14. The van der Waals surface area contributed by atoms with Crippen LogP contribution < -0.4 is 0 Å². The Balaban J connectivity index is 1.84. The number of carboxylic acids is 1. The van der Waals surface area contributed by atoms with Gasteiger partial charge in [0, 0.05) is 6.92 Å². The van der Waals surface area contributed by atoms with Gasteiger partial charge in [0.2, 0.25) is 0 Å². The summed E-state index contributed by atoms with van der Waals surface area (Å²) in [5, 5.41) is 31.0. The fourth-order valence-electron chi connectivity index (χ4n) is 3.07. The molecule has 0 aromatic carbocycles. The first-order valence-corrected chi connectivity index (χ1v) is 10.1. The van der Waals surface area contributed by atoms with E-state index in [1.54, 1.807) is 13.8 Å². The van der Waals surface area contributed by atoms with Crippen molar-refractivity contribution < 1.29 is 38.8 Å². The van der Waals surface area contributed by atoms with E-state index in [0.717, 1.165) is 11.1 Å². The molecule has 2 heterocycles. The van der Waals surface area contributed by atoms with Crippen LogP contribution in [-0.2, 0) is 36.9 Å². The summed E-state index contributed by atoms with van der Waals surface area (Å²) in [5.74, 6) is -3.36. The first kappa shape index (κ1) is 26.8. The second kappa shape index (κ2) is 12.2. The van der Waals surface area contributed by atoms with Gasteiger partial charge in [-0.25, -0.2) is 14.1 Å². The van der Waals surface area contributed by atoms with E-state index < -0.39 is 53.3 Å². The molecule has 0 amide bonds. The Morgan fingerprint density at radius 3 is 2.03 bits per heavy atom. The number of esters is 2. The summed E-state index contributed by atoms with van der Waals surface area (Å²) in [6.07, 6.45) is 2.37. The number of nitro groups is 2. The molecule has 0 radical (unpaired) electrons. The summed E-state index contributed by atoms with van der Waals surface area (Å²) in [6.45, 7) is 0.773. The van der Waals surface area contributed by atoms with Crippen LogP contribution in [0.2, 0.25) is 0 Å². The number of carboxylic acid groups (broad SMARTS) is 1. The number of aromatic nitrogens is 4. The highest BCUT2D eigenvalue weighted by atomic mass is 16.6. The quantitative estimate of drug-likeness (QED) is 0.201. The SMILES string of the molecule is Cc1cnc([N+](=O)[O-])n1CCOC(=O)CN(CC(=O)O)CC(=O)OCCn1c([N+](=O)[O-])cnc1C. The van der Waals surface area contributed by atoms with Crippen LogP contribution in [-0.4, -0.2) is 89.7 Å². The lowest BCUT2D eigenvalue weighted by Gasteiger charge is -2.18. The predicted octanol–water partition coefficient (Wildman–Crippen LogP) is -0.314. The van der Waals surface area contributed by atoms with Crippen molar-refractivity contribution in [2.24, 2.45) is 0 Å². The first-order valence-electron chi connectivity index (χ1n) is 10.1. The van der Waals surface area contributed by atoms with Gasteiger partial charge in [0.15, 0.2) is 5.82 Å². The van der Waals surface area contributed by atoms with Crippen molar-refractivity contribution in [3.05, 3.63) is 44.1 Å². The second-order valence-electron chi connectivity index (χ2n) is 7.16. The van der Waals surface area contributed by atoms with E-state index in [-0.39, 0.29) is 32.1 Å². The average Bonchev–Trinajstić information content (AvgIpc) is 3.30. The third kappa shape index (κ3) is 7.84. The molecule has 2 aromatic heterocycles. The molecule has 0 spiro atoms. The zero-order valence-corrected chi connectivity index (χ0v) is 18.9. The zero-order valence-electron chi connectivity index (χ0n) is 18.9. The summed E-state index contributed by atoms with van der Waals surface area (Å²) in [4.78, 5) is 64.4. The van der Waals surface area contributed by atoms with Crippen molar-refractivity contribution in [3.8, 4) is 0 Å². The standard InChI is InChI=1S/C18H23N7O10/c1-12-7-20-18(25(32)33)22(12)3-5-34-16(28)10-21(9-15(26)27)11-17(29)35-6-4-23-13(2)19-8-14(23)24(30)31/h7-8H,3-6,9-11H2,1-2H3,(H,26,27). The molecule has 0 saturated heterocycles. The molecule has 2 rings (SSSR count). The predicted molar refractivity (Wildman–Crippen MR) is 113 cm³/mol. The maximum Gasteiger partial charge on any atom is 0.434 e. The maximum atomic E-state index is 12.1. The number of imidazole rings is 2. The minimum atomic E-state index is -1.31. The Morgan fingerprint density at radius 2 is 1.51 bits per heavy atom. The Hall–Kier alpha value is -4.41. The number of aryl methyl sites for hydroxylation is 2. The van der Waals surface area contributed by atoms with Gasteiger partial charge in [0.05, 0.1) is 19.6 Å². The van der Waals surface area contributed by atoms with Crippen molar-refractivity contribution >= 4 is 29.7 Å². The van der Waals surface area contributed by atoms with E-state index in [9.17, 15) is 34.6 Å². The topological polar surface area (TPSA) is 215 Å². The number of aliphatic carboxylic acids is 1. The molecule has 0 aliphatic heterocycles. The van der Waals surface area contributed by atoms with Crippen molar-refractivity contribution in [2.75, 3.05) is 32.8 Å². The molecule has 17 heteroatoms. The fraction of sp³-hybridized carbons (Fsp3) is 0.500. The summed E-state index contributed by atoms with van der Waals surface area (Å²) in [5.41, 5.74) is 0.485. The van der Waals surface area contributed by atoms with Gasteiger partial charge in [0.25, 0.3) is 0 Å². The first-order chi connectivity index (χ1) is 16.5. The fourth-order valence-corrected chi connectivity index (χ4v) is 3.07. The van der Waals surface area contributed by atoms with Gasteiger partial charge < -0.3 is 34.8 Å². The summed E-state index contributed by atoms with van der Waals surface area (Å²) in [7, 11) is 0. The molecule has 0 saturated carbocycles. The van der Waals surface area contributed by atoms with E-state index in [1.165, 1.54) is 15.3 Å². The number of hydrogen-bond donors (Lipinski definition) is 1. The summed E-state index contributed by atoms with van der Waals surface area (Å²) >= 11 is 0. The molecule has 35 heavy (non-hydrogen) atoms. The van der Waals surface area contributed by atoms with E-state index >= 15 is 0 Å². The Bertz CT molecular complexity index is 1030. The molecule has 190 valence electrons. The molecule has 0 aliphatic rings. The van der Waals surface area contributed by atoms with Gasteiger partial charge >= 0.3 is 29.7 Å². The molecule has 0 atom stereocenters. The van der Waals surface area contributed by atoms with E-state index in [2.05, 4.69) is 9.97 Å². The molecule has 0 fully saturated rings. The lowest BCUT2D eigenvalue weighted by atomic mass is 10.4. The van der Waals surface area contributed by atoms with Crippen molar-refractivity contribution in [1.82, 2.24) is 24.0 Å². The summed E-state index contributed by atoms with van der Waals surface area (Å²) < 4.78 is 12.5. The van der Waals surface area contributed by atoms with Crippen molar-refractivity contribution in [3.63, 3.8) is 0 Å². The van der Waals surface area contributed by atoms with Crippen molar-refractivity contribution in [1.29, 1.82) is 0 Å². The Morgan fingerprint density at radius 1 is 0.943 bits per heavy atom. The van der Waals surface area contributed by atoms with Crippen LogP contribution in [0.4, 0.5) is 11.8 Å². The Kier molecular flexibility index (Phi) is 9.33. The largest absolute Gasteiger partial charge is 0.480 e. The summed E-state index contributed by atoms with van der Waals surface area (Å²) in [6, 6.07) is 0. The molecule has 0 aliphatic carbocycles. The third-order valence-electron chi connectivity index (χ3n) is 4.64. The molecule has 0 unspecified atom stereocenters. The monoisotopic (exact) mass is 497 g/mol.